The number of nitro groups is 1. The number of nitrogens with one attached hydrogen (secondary N) is 1. The Morgan fingerprint density at radius 1 is 1.29 bits per heavy atom. The summed E-state index contributed by atoms with van der Waals surface area (Å²) >= 11 is 5.96. The van der Waals surface area contributed by atoms with Gasteiger partial charge in [-0.25, -0.2) is 0 Å². The lowest BCUT2D eigenvalue weighted by molar-refractivity contribution is -0.385. The molecule has 0 fully saturated rings. The molecule has 21 heavy (non-hydrogen) atoms. The fourth-order valence-corrected chi connectivity index (χ4v) is 2.13. The second-order valence-electron chi connectivity index (χ2n) is 4.58. The highest BCUT2D eigenvalue weighted by atomic mass is 35.5. The van der Waals surface area contributed by atoms with Crippen LogP contribution in [0.4, 0.5) is 11.4 Å². The van der Waals surface area contributed by atoms with Gasteiger partial charge in [0.25, 0.3) is 5.69 Å². The van der Waals surface area contributed by atoms with Gasteiger partial charge in [-0.3, -0.25) is 10.1 Å². The van der Waals surface area contributed by atoms with Gasteiger partial charge in [0, 0.05) is 29.9 Å². The highest BCUT2D eigenvalue weighted by molar-refractivity contribution is 6.32. The number of aryl methyl sites for hydroxylation is 1. The van der Waals surface area contributed by atoms with Gasteiger partial charge in [-0.2, -0.15) is 0 Å². The van der Waals surface area contributed by atoms with Gasteiger partial charge in [0.05, 0.1) is 17.1 Å². The van der Waals surface area contributed by atoms with E-state index in [1.807, 2.05) is 12.1 Å². The van der Waals surface area contributed by atoms with Crippen LogP contribution < -0.4 is 10.1 Å². The normalized spacial score (nSPS) is 10.2. The third kappa shape index (κ3) is 3.64. The fraction of sp³-hybridized carbons (Fsp3) is 0.200. The average molecular weight is 307 g/mol. The third-order valence-electron chi connectivity index (χ3n) is 3.12. The van der Waals surface area contributed by atoms with Crippen LogP contribution in [0.1, 0.15) is 11.1 Å². The Bertz CT molecular complexity index is 674. The molecule has 0 aliphatic carbocycles. The molecule has 0 bridgehead atoms. The summed E-state index contributed by atoms with van der Waals surface area (Å²) in [5, 5.41) is 14.6. The van der Waals surface area contributed by atoms with Crippen LogP contribution in [0.25, 0.3) is 0 Å². The Morgan fingerprint density at radius 3 is 2.71 bits per heavy atom. The highest BCUT2D eigenvalue weighted by Gasteiger charge is 2.10. The molecule has 2 aromatic carbocycles. The van der Waals surface area contributed by atoms with E-state index in [2.05, 4.69) is 5.32 Å². The van der Waals surface area contributed by atoms with E-state index in [9.17, 15) is 10.1 Å². The summed E-state index contributed by atoms with van der Waals surface area (Å²) in [6.45, 7) is 2.20. The number of anilines is 1. The maximum atomic E-state index is 10.9. The van der Waals surface area contributed by atoms with Crippen LogP contribution >= 0.6 is 11.6 Å². The molecule has 0 heterocycles. The van der Waals surface area contributed by atoms with Crippen molar-refractivity contribution in [2.75, 3.05) is 12.4 Å². The average Bonchev–Trinajstić information content (AvgIpc) is 2.47. The van der Waals surface area contributed by atoms with Crippen LogP contribution in [0.15, 0.2) is 36.4 Å². The van der Waals surface area contributed by atoms with Crippen molar-refractivity contribution in [3.8, 4) is 5.75 Å². The Hall–Kier alpha value is -2.27. The van der Waals surface area contributed by atoms with Crippen molar-refractivity contribution in [2.24, 2.45) is 0 Å². The lowest BCUT2D eigenvalue weighted by atomic mass is 10.1. The number of hydrogen-bond acceptors (Lipinski definition) is 4. The first kappa shape index (κ1) is 15.1. The molecule has 0 saturated carbocycles. The number of ether oxygens (including phenoxy) is 1. The van der Waals surface area contributed by atoms with Gasteiger partial charge in [0.15, 0.2) is 0 Å². The number of nitro benzene ring substituents is 1. The highest BCUT2D eigenvalue weighted by Crippen LogP contribution is 2.28. The van der Waals surface area contributed by atoms with Crippen LogP contribution in [0, 0.1) is 17.0 Å². The topological polar surface area (TPSA) is 64.4 Å². The molecule has 0 aliphatic rings. The summed E-state index contributed by atoms with van der Waals surface area (Å²) < 4.78 is 5.14. The van der Waals surface area contributed by atoms with Crippen LogP contribution in [-0.4, -0.2) is 12.0 Å². The van der Waals surface area contributed by atoms with Gasteiger partial charge in [-0.1, -0.05) is 23.7 Å². The van der Waals surface area contributed by atoms with Crippen molar-refractivity contribution in [1.82, 2.24) is 0 Å². The minimum absolute atomic E-state index is 0.128. The maximum absolute atomic E-state index is 10.9. The first-order valence-corrected chi connectivity index (χ1v) is 6.70. The largest absolute Gasteiger partial charge is 0.495 e. The number of hydrogen-bond donors (Lipinski definition) is 1. The lowest BCUT2D eigenvalue weighted by Crippen LogP contribution is -2.01. The zero-order valence-electron chi connectivity index (χ0n) is 11.7. The van der Waals surface area contributed by atoms with Crippen LogP contribution in [0.5, 0.6) is 5.75 Å². The summed E-state index contributed by atoms with van der Waals surface area (Å²) in [6.07, 6.45) is 0. The van der Waals surface area contributed by atoms with E-state index in [1.54, 1.807) is 38.3 Å². The SMILES string of the molecule is COc1cc(NCc2ccc(C)c([N+](=O)[O-])c2)ccc1Cl. The van der Waals surface area contributed by atoms with Gasteiger partial charge in [-0.05, 0) is 24.6 Å². The van der Waals surface area contributed by atoms with Crippen molar-refractivity contribution in [1.29, 1.82) is 0 Å². The van der Waals surface area contributed by atoms with Gasteiger partial charge in [-0.15, -0.1) is 0 Å². The second kappa shape index (κ2) is 6.45. The van der Waals surface area contributed by atoms with Gasteiger partial charge >= 0.3 is 0 Å². The quantitative estimate of drug-likeness (QED) is 0.665. The first-order chi connectivity index (χ1) is 10.0. The van der Waals surface area contributed by atoms with Crippen molar-refractivity contribution in [2.45, 2.75) is 13.5 Å². The Balaban J connectivity index is 2.13. The van der Waals surface area contributed by atoms with Crippen molar-refractivity contribution >= 4 is 23.0 Å². The van der Waals surface area contributed by atoms with Crippen molar-refractivity contribution in [3.63, 3.8) is 0 Å². The number of halogens is 1. The Kier molecular flexibility index (Phi) is 4.65. The molecule has 0 atom stereocenters. The predicted octanol–water partition coefficient (Wildman–Crippen LogP) is 4.18. The van der Waals surface area contributed by atoms with Crippen LogP contribution in [0.2, 0.25) is 5.02 Å². The molecule has 110 valence electrons. The lowest BCUT2D eigenvalue weighted by Gasteiger charge is -2.10. The van der Waals surface area contributed by atoms with Gasteiger partial charge in [0.2, 0.25) is 0 Å². The third-order valence-corrected chi connectivity index (χ3v) is 3.43. The molecule has 0 spiro atoms. The molecule has 6 heteroatoms. The number of rotatable bonds is 5. The number of methoxy groups -OCH3 is 1. The summed E-state index contributed by atoms with van der Waals surface area (Å²) in [7, 11) is 1.55. The van der Waals surface area contributed by atoms with Crippen LogP contribution in [0.3, 0.4) is 0 Å². The number of benzene rings is 2. The Morgan fingerprint density at radius 2 is 2.05 bits per heavy atom. The molecule has 0 unspecified atom stereocenters. The fourth-order valence-electron chi connectivity index (χ4n) is 1.94. The molecule has 1 N–H and O–H groups in total. The zero-order chi connectivity index (χ0) is 15.4. The summed E-state index contributed by atoms with van der Waals surface area (Å²) in [5.74, 6) is 0.580. The van der Waals surface area contributed by atoms with E-state index in [0.29, 0.717) is 22.9 Å². The molecule has 0 radical (unpaired) electrons. The molecule has 0 aliphatic heterocycles. The molecule has 2 aromatic rings. The number of nitrogens with zero attached hydrogens (tertiary/aromatic N) is 1. The smallest absolute Gasteiger partial charge is 0.272 e. The van der Waals surface area contributed by atoms with E-state index < -0.39 is 0 Å². The minimum Gasteiger partial charge on any atom is -0.495 e. The zero-order valence-corrected chi connectivity index (χ0v) is 12.5. The van der Waals surface area contributed by atoms with E-state index >= 15 is 0 Å². The molecule has 0 amide bonds. The minimum atomic E-state index is -0.371. The first-order valence-electron chi connectivity index (χ1n) is 6.32. The van der Waals surface area contributed by atoms with E-state index in [-0.39, 0.29) is 10.6 Å². The Labute approximate surface area is 127 Å². The van der Waals surface area contributed by atoms with Gasteiger partial charge < -0.3 is 10.1 Å². The molecule has 5 nitrogen and oxygen atoms in total. The van der Waals surface area contributed by atoms with Crippen LogP contribution in [-0.2, 0) is 6.54 Å². The molecular weight excluding hydrogens is 292 g/mol. The monoisotopic (exact) mass is 306 g/mol. The molecule has 0 aromatic heterocycles. The summed E-state index contributed by atoms with van der Waals surface area (Å²) in [6, 6.07) is 10.5. The molecule has 2 rings (SSSR count). The van der Waals surface area contributed by atoms with E-state index in [1.165, 1.54) is 0 Å². The van der Waals surface area contributed by atoms with Gasteiger partial charge in [0.1, 0.15) is 5.75 Å². The summed E-state index contributed by atoms with van der Waals surface area (Å²) in [5.41, 5.74) is 2.44. The standard InChI is InChI=1S/C15H15ClN2O3/c1-10-3-4-11(7-14(10)18(19)20)9-17-12-5-6-13(16)15(8-12)21-2/h3-8,17H,9H2,1-2H3. The summed E-state index contributed by atoms with van der Waals surface area (Å²) in [4.78, 5) is 10.6. The van der Waals surface area contributed by atoms with E-state index in [0.717, 1.165) is 11.3 Å². The van der Waals surface area contributed by atoms with E-state index in [4.69, 9.17) is 16.3 Å². The van der Waals surface area contributed by atoms with Crippen molar-refractivity contribution < 1.29 is 9.66 Å². The predicted molar refractivity (Wildman–Crippen MR) is 83.2 cm³/mol. The molecule has 0 saturated heterocycles. The van der Waals surface area contributed by atoms with Crippen molar-refractivity contribution in [3.05, 3.63) is 62.7 Å². The second-order valence-corrected chi connectivity index (χ2v) is 4.99. The maximum Gasteiger partial charge on any atom is 0.272 e. The molecular formula is C15H15ClN2O3.